The van der Waals surface area contributed by atoms with Crippen LogP contribution in [0.25, 0.3) is 0 Å². The Balaban J connectivity index is 2.26. The molecule has 0 aromatic heterocycles. The molecule has 2 aromatic carbocycles. The van der Waals surface area contributed by atoms with Gasteiger partial charge in [-0.3, -0.25) is 25.0 Å². The van der Waals surface area contributed by atoms with E-state index in [0.717, 1.165) is 6.07 Å². The fourth-order valence-electron chi connectivity index (χ4n) is 1.69. The minimum Gasteiger partial charge on any atom is -0.322 e. The quantitative estimate of drug-likeness (QED) is 0.684. The molecular formula is C13H8ClN3O5. The highest BCUT2D eigenvalue weighted by atomic mass is 35.5. The molecule has 1 N–H and O–H groups in total. The van der Waals surface area contributed by atoms with Crippen molar-refractivity contribution < 1.29 is 14.6 Å². The molecule has 0 fully saturated rings. The first-order chi connectivity index (χ1) is 10.4. The van der Waals surface area contributed by atoms with Crippen molar-refractivity contribution in [3.63, 3.8) is 0 Å². The number of carbonyl (C=O) groups is 1. The van der Waals surface area contributed by atoms with E-state index < -0.39 is 21.4 Å². The number of nitrogens with one attached hydrogen (secondary N) is 1. The predicted molar refractivity (Wildman–Crippen MR) is 79.2 cm³/mol. The van der Waals surface area contributed by atoms with Gasteiger partial charge in [0, 0.05) is 29.4 Å². The molecule has 0 bridgehead atoms. The van der Waals surface area contributed by atoms with E-state index >= 15 is 0 Å². The van der Waals surface area contributed by atoms with Crippen LogP contribution in [-0.4, -0.2) is 15.8 Å². The number of hydrogen-bond acceptors (Lipinski definition) is 5. The smallest absolute Gasteiger partial charge is 0.288 e. The standard InChI is InChI=1S/C13H8ClN3O5/c14-11-5-4-8(6-12(11)17(21)22)13(18)15-9-2-1-3-10(7-9)16(19)20/h1-7H,(H,15,18). The van der Waals surface area contributed by atoms with E-state index in [1.54, 1.807) is 0 Å². The Kier molecular flexibility index (Phi) is 4.33. The summed E-state index contributed by atoms with van der Waals surface area (Å²) in [4.78, 5) is 32.2. The zero-order valence-corrected chi connectivity index (χ0v) is 11.6. The van der Waals surface area contributed by atoms with Crippen molar-refractivity contribution in [2.75, 3.05) is 5.32 Å². The summed E-state index contributed by atoms with van der Waals surface area (Å²) in [6, 6.07) is 8.94. The van der Waals surface area contributed by atoms with Crippen LogP contribution in [0.3, 0.4) is 0 Å². The molecule has 0 aliphatic carbocycles. The lowest BCUT2D eigenvalue weighted by atomic mass is 10.2. The first-order valence-electron chi connectivity index (χ1n) is 5.88. The van der Waals surface area contributed by atoms with Crippen LogP contribution in [0.2, 0.25) is 5.02 Å². The van der Waals surface area contributed by atoms with Crippen LogP contribution in [0.5, 0.6) is 0 Å². The molecule has 0 aliphatic rings. The van der Waals surface area contributed by atoms with Gasteiger partial charge in [0.2, 0.25) is 0 Å². The molecule has 0 saturated carbocycles. The molecule has 0 saturated heterocycles. The Morgan fingerprint density at radius 1 is 1.05 bits per heavy atom. The highest BCUT2D eigenvalue weighted by Crippen LogP contribution is 2.25. The topological polar surface area (TPSA) is 115 Å². The number of rotatable bonds is 4. The monoisotopic (exact) mass is 321 g/mol. The molecule has 0 atom stereocenters. The van der Waals surface area contributed by atoms with Gasteiger partial charge in [-0.2, -0.15) is 0 Å². The number of carbonyl (C=O) groups excluding carboxylic acids is 1. The number of nitro groups is 2. The van der Waals surface area contributed by atoms with E-state index in [-0.39, 0.29) is 22.0 Å². The summed E-state index contributed by atoms with van der Waals surface area (Å²) < 4.78 is 0. The van der Waals surface area contributed by atoms with Crippen molar-refractivity contribution in [1.82, 2.24) is 0 Å². The van der Waals surface area contributed by atoms with E-state index in [9.17, 15) is 25.0 Å². The molecule has 2 rings (SSSR count). The number of halogens is 1. The number of benzene rings is 2. The van der Waals surface area contributed by atoms with Gasteiger partial charge in [0.1, 0.15) is 5.02 Å². The van der Waals surface area contributed by atoms with Crippen molar-refractivity contribution in [2.24, 2.45) is 0 Å². The number of nitro benzene ring substituents is 2. The molecule has 0 unspecified atom stereocenters. The van der Waals surface area contributed by atoms with Crippen LogP contribution in [-0.2, 0) is 0 Å². The van der Waals surface area contributed by atoms with Crippen LogP contribution < -0.4 is 5.32 Å². The average Bonchev–Trinajstić information content (AvgIpc) is 2.47. The number of non-ortho nitro benzene ring substituents is 1. The van der Waals surface area contributed by atoms with Gasteiger partial charge < -0.3 is 5.32 Å². The fraction of sp³-hybridized carbons (Fsp3) is 0. The second kappa shape index (κ2) is 6.19. The summed E-state index contributed by atoms with van der Waals surface area (Å²) >= 11 is 5.66. The third-order valence-corrected chi connectivity index (χ3v) is 3.04. The van der Waals surface area contributed by atoms with Gasteiger partial charge in [0.15, 0.2) is 0 Å². The lowest BCUT2D eigenvalue weighted by molar-refractivity contribution is -0.384. The molecule has 8 nitrogen and oxygen atoms in total. The van der Waals surface area contributed by atoms with E-state index in [0.29, 0.717) is 0 Å². The van der Waals surface area contributed by atoms with E-state index in [2.05, 4.69) is 5.32 Å². The van der Waals surface area contributed by atoms with Gasteiger partial charge in [-0.15, -0.1) is 0 Å². The van der Waals surface area contributed by atoms with Gasteiger partial charge in [0.25, 0.3) is 17.3 Å². The highest BCUT2D eigenvalue weighted by molar-refractivity contribution is 6.32. The van der Waals surface area contributed by atoms with Crippen molar-refractivity contribution >= 4 is 34.6 Å². The maximum absolute atomic E-state index is 12.0. The van der Waals surface area contributed by atoms with Crippen molar-refractivity contribution in [3.05, 3.63) is 73.3 Å². The fourth-order valence-corrected chi connectivity index (χ4v) is 1.88. The Morgan fingerprint density at radius 3 is 2.41 bits per heavy atom. The van der Waals surface area contributed by atoms with Crippen molar-refractivity contribution in [2.45, 2.75) is 0 Å². The van der Waals surface area contributed by atoms with Crippen LogP contribution in [0, 0.1) is 20.2 Å². The van der Waals surface area contributed by atoms with Crippen LogP contribution >= 0.6 is 11.6 Å². The molecule has 0 heterocycles. The summed E-state index contributed by atoms with van der Waals surface area (Å²) in [5.74, 6) is -0.639. The van der Waals surface area contributed by atoms with E-state index in [1.807, 2.05) is 0 Å². The number of anilines is 1. The number of nitrogens with zero attached hydrogens (tertiary/aromatic N) is 2. The van der Waals surface area contributed by atoms with Gasteiger partial charge in [0.05, 0.1) is 9.85 Å². The first kappa shape index (κ1) is 15.4. The summed E-state index contributed by atoms with van der Waals surface area (Å²) in [6.07, 6.45) is 0. The average molecular weight is 322 g/mol. The minimum absolute atomic E-state index is 0.0163. The number of hydrogen-bond donors (Lipinski definition) is 1. The largest absolute Gasteiger partial charge is 0.322 e. The molecule has 9 heteroatoms. The molecule has 112 valence electrons. The SMILES string of the molecule is O=C(Nc1cccc([N+](=O)[O-])c1)c1ccc(Cl)c([N+](=O)[O-])c1. The molecular weight excluding hydrogens is 314 g/mol. The Labute approximate surface area is 128 Å². The van der Waals surface area contributed by atoms with Gasteiger partial charge in [-0.05, 0) is 18.2 Å². The lowest BCUT2D eigenvalue weighted by Crippen LogP contribution is -2.12. The molecule has 0 spiro atoms. The van der Waals surface area contributed by atoms with Gasteiger partial charge in [-0.1, -0.05) is 17.7 Å². The Hall–Kier alpha value is -3.00. The van der Waals surface area contributed by atoms with Crippen molar-refractivity contribution in [3.8, 4) is 0 Å². The summed E-state index contributed by atoms with van der Waals surface area (Å²) in [7, 11) is 0. The van der Waals surface area contributed by atoms with Crippen LogP contribution in [0.15, 0.2) is 42.5 Å². The number of amides is 1. The maximum Gasteiger partial charge on any atom is 0.288 e. The maximum atomic E-state index is 12.0. The molecule has 22 heavy (non-hydrogen) atoms. The Morgan fingerprint density at radius 2 is 1.77 bits per heavy atom. The first-order valence-corrected chi connectivity index (χ1v) is 6.26. The second-order valence-corrected chi connectivity index (χ2v) is 4.59. The normalized spacial score (nSPS) is 10.0. The summed E-state index contributed by atoms with van der Waals surface area (Å²) in [5.41, 5.74) is -0.354. The lowest BCUT2D eigenvalue weighted by Gasteiger charge is -2.05. The van der Waals surface area contributed by atoms with Crippen LogP contribution in [0.4, 0.5) is 17.1 Å². The van der Waals surface area contributed by atoms with Crippen molar-refractivity contribution in [1.29, 1.82) is 0 Å². The van der Waals surface area contributed by atoms with Gasteiger partial charge >= 0.3 is 0 Å². The molecule has 2 aromatic rings. The summed E-state index contributed by atoms with van der Waals surface area (Å²) in [5, 5.41) is 23.8. The van der Waals surface area contributed by atoms with E-state index in [1.165, 1.54) is 36.4 Å². The zero-order valence-electron chi connectivity index (χ0n) is 10.9. The minimum atomic E-state index is -0.702. The molecule has 1 amide bonds. The zero-order chi connectivity index (χ0) is 16.3. The predicted octanol–water partition coefficient (Wildman–Crippen LogP) is 3.41. The van der Waals surface area contributed by atoms with E-state index in [4.69, 9.17) is 11.6 Å². The molecule has 0 radical (unpaired) electrons. The third kappa shape index (κ3) is 3.36. The van der Waals surface area contributed by atoms with Crippen LogP contribution in [0.1, 0.15) is 10.4 Å². The summed E-state index contributed by atoms with van der Waals surface area (Å²) in [6.45, 7) is 0. The Bertz CT molecular complexity index is 778. The molecule has 0 aliphatic heterocycles. The third-order valence-electron chi connectivity index (χ3n) is 2.72. The van der Waals surface area contributed by atoms with Gasteiger partial charge in [-0.25, -0.2) is 0 Å². The highest BCUT2D eigenvalue weighted by Gasteiger charge is 2.17. The second-order valence-electron chi connectivity index (χ2n) is 4.18.